The molecule has 3 atom stereocenters. The standard InChI is InChI=1S/C40H46AsN3O7/c45-33-13-11-31(32-12-14-36(47)42-37(32)33)34(46)24-41-17-4-1-5-20-50-30-10-6-9-27(21-30)38(48)43-40(22-28-7-2-3-8-29(28)23-40)39(49)51-35-25-44-18-15-26(35)16-19-44/h2-3,6-14,21,26,34-35,41,45-46H,1,4-5,15-20,22-25H2,(H,42,47)(H,43,48). The Morgan fingerprint density at radius 2 is 1.76 bits per heavy atom. The average Bonchev–Trinajstić information content (AvgIpc) is 3.53. The second-order valence-corrected chi connectivity index (χ2v) is 17.1. The van der Waals surface area contributed by atoms with E-state index in [0.717, 1.165) is 73.6 Å². The number of hydrogen-bond acceptors (Lipinski definition) is 8. The summed E-state index contributed by atoms with van der Waals surface area (Å²) >= 11 is -0.380. The number of hydrogen-bond donors (Lipinski definition) is 4. The van der Waals surface area contributed by atoms with Crippen LogP contribution in [0.15, 0.2) is 77.6 Å². The van der Waals surface area contributed by atoms with Gasteiger partial charge < -0.3 is 4.74 Å². The molecule has 3 fully saturated rings. The van der Waals surface area contributed by atoms with Crippen LogP contribution in [-0.2, 0) is 22.4 Å². The summed E-state index contributed by atoms with van der Waals surface area (Å²) in [6.45, 7) is 3.41. The third-order valence-electron chi connectivity index (χ3n) is 10.7. The summed E-state index contributed by atoms with van der Waals surface area (Å²) in [4.78, 5) is 44.4. The number of phenols is 1. The summed E-state index contributed by atoms with van der Waals surface area (Å²) < 4.78 is 12.2. The molecule has 4 aromatic rings. The van der Waals surface area contributed by atoms with Crippen molar-refractivity contribution in [2.75, 3.05) is 26.2 Å². The van der Waals surface area contributed by atoms with Gasteiger partial charge in [0.2, 0.25) is 0 Å². The number of amides is 1. The fourth-order valence-corrected chi connectivity index (χ4v) is 10.3. The van der Waals surface area contributed by atoms with Crippen molar-refractivity contribution in [3.05, 3.63) is 105 Å². The van der Waals surface area contributed by atoms with E-state index in [0.29, 0.717) is 52.8 Å². The van der Waals surface area contributed by atoms with Gasteiger partial charge in [-0.1, -0.05) is 24.3 Å². The zero-order chi connectivity index (χ0) is 35.4. The quantitative estimate of drug-likeness (QED) is 0.0826. The van der Waals surface area contributed by atoms with Gasteiger partial charge in [-0.25, -0.2) is 4.79 Å². The summed E-state index contributed by atoms with van der Waals surface area (Å²) in [7, 11) is 0. The Morgan fingerprint density at radius 1 is 0.980 bits per heavy atom. The number of aliphatic hydroxyl groups is 1. The number of ether oxygens (including phenoxy) is 2. The SMILES string of the molecule is O=C(NC1(C(=O)OC2CN3CCC2CC3)Cc2ccccc2C1)c1cccc(OCCCCC[AsH]CC(O)c2ccc(O)c3[nH]c(=O)ccc23)c1. The van der Waals surface area contributed by atoms with Crippen molar-refractivity contribution >= 4 is 38.5 Å². The number of fused-ring (bicyclic) bond motifs is 5. The fraction of sp³-hybridized carbons (Fsp3) is 0.425. The van der Waals surface area contributed by atoms with E-state index in [1.54, 1.807) is 30.3 Å². The Balaban J connectivity index is 0.879. The molecule has 8 rings (SSSR count). The van der Waals surface area contributed by atoms with Crippen LogP contribution in [0.25, 0.3) is 10.9 Å². The number of carbonyl (C=O) groups excluding carboxylic acids is 2. The van der Waals surface area contributed by atoms with Gasteiger partial charge in [-0.2, -0.15) is 0 Å². The van der Waals surface area contributed by atoms with E-state index >= 15 is 0 Å². The number of aromatic hydroxyl groups is 1. The molecule has 0 saturated carbocycles. The number of benzene rings is 3. The maximum absolute atomic E-state index is 13.9. The Hall–Kier alpha value is -4.11. The number of nitrogens with zero attached hydrogens (tertiary/aromatic N) is 1. The summed E-state index contributed by atoms with van der Waals surface area (Å²) in [5.41, 5.74) is 2.19. The molecule has 51 heavy (non-hydrogen) atoms. The number of rotatable bonds is 14. The summed E-state index contributed by atoms with van der Waals surface area (Å²) in [6, 6.07) is 21.4. The first-order chi connectivity index (χ1) is 24.8. The molecule has 4 heterocycles. The van der Waals surface area contributed by atoms with E-state index < -0.39 is 11.6 Å². The number of piperidine rings is 3. The molecule has 4 aliphatic rings. The molecule has 1 amide bonds. The molecule has 10 nitrogen and oxygen atoms in total. The first kappa shape index (κ1) is 35.3. The van der Waals surface area contributed by atoms with Gasteiger partial charge >= 0.3 is 198 Å². The normalized spacial score (nSPS) is 21.1. The Bertz CT molecular complexity index is 1910. The van der Waals surface area contributed by atoms with Gasteiger partial charge in [0.1, 0.15) is 6.10 Å². The van der Waals surface area contributed by atoms with E-state index in [2.05, 4.69) is 15.2 Å². The number of aromatic nitrogens is 1. The number of phenolic OH excluding ortho intramolecular Hbond substituents is 1. The second-order valence-electron chi connectivity index (χ2n) is 14.2. The monoisotopic (exact) mass is 755 g/mol. The molecule has 0 spiro atoms. The molecule has 1 aliphatic carbocycles. The fourth-order valence-electron chi connectivity index (χ4n) is 7.83. The minimum absolute atomic E-state index is 0.00710. The van der Waals surface area contributed by atoms with Crippen molar-refractivity contribution in [3.8, 4) is 11.5 Å². The third-order valence-corrected chi connectivity index (χ3v) is 13.6. The van der Waals surface area contributed by atoms with E-state index in [9.17, 15) is 24.6 Å². The molecule has 3 aliphatic heterocycles. The number of esters is 1. The van der Waals surface area contributed by atoms with Gasteiger partial charge in [-0.15, -0.1) is 0 Å². The molecular formula is C40H46AsN3O7. The van der Waals surface area contributed by atoms with Gasteiger partial charge in [-0.3, -0.25) is 4.90 Å². The number of pyridine rings is 1. The van der Waals surface area contributed by atoms with Crippen LogP contribution < -0.4 is 15.6 Å². The average molecular weight is 756 g/mol. The van der Waals surface area contributed by atoms with Crippen molar-refractivity contribution in [1.29, 1.82) is 0 Å². The number of aliphatic hydroxyl groups excluding tert-OH is 1. The second kappa shape index (κ2) is 15.6. The first-order valence-corrected chi connectivity index (χ1v) is 21.0. The van der Waals surface area contributed by atoms with Crippen LogP contribution in [0.2, 0.25) is 10.4 Å². The van der Waals surface area contributed by atoms with Crippen LogP contribution >= 0.6 is 0 Å². The molecule has 0 radical (unpaired) electrons. The van der Waals surface area contributed by atoms with Crippen LogP contribution in [0.1, 0.15) is 65.3 Å². The van der Waals surface area contributed by atoms with Crippen LogP contribution in [0.3, 0.4) is 0 Å². The predicted molar refractivity (Wildman–Crippen MR) is 197 cm³/mol. The molecular weight excluding hydrogens is 709 g/mol. The zero-order valence-electron chi connectivity index (χ0n) is 28.7. The Morgan fingerprint density at radius 3 is 2.51 bits per heavy atom. The topological polar surface area (TPSA) is 141 Å². The van der Waals surface area contributed by atoms with Crippen LogP contribution in [0, 0.1) is 5.92 Å². The van der Waals surface area contributed by atoms with Crippen molar-refractivity contribution in [2.24, 2.45) is 5.92 Å². The van der Waals surface area contributed by atoms with Gasteiger partial charge in [0.15, 0.2) is 0 Å². The Kier molecular flexibility index (Phi) is 10.8. The summed E-state index contributed by atoms with van der Waals surface area (Å²) in [5.74, 6) is 0.320. The zero-order valence-corrected chi connectivity index (χ0v) is 30.8. The van der Waals surface area contributed by atoms with E-state index in [4.69, 9.17) is 9.47 Å². The van der Waals surface area contributed by atoms with E-state index in [1.807, 2.05) is 30.3 Å². The molecule has 3 saturated heterocycles. The number of aromatic amines is 1. The predicted octanol–water partition coefficient (Wildman–Crippen LogP) is 4.69. The van der Waals surface area contributed by atoms with Crippen molar-refractivity contribution in [1.82, 2.24) is 15.2 Å². The van der Waals surface area contributed by atoms with Crippen molar-refractivity contribution in [2.45, 2.75) is 73.1 Å². The van der Waals surface area contributed by atoms with Crippen molar-refractivity contribution < 1.29 is 29.3 Å². The minimum atomic E-state index is -1.15. The molecule has 2 bridgehead atoms. The van der Waals surface area contributed by atoms with Gasteiger partial charge in [0, 0.05) is 19.4 Å². The van der Waals surface area contributed by atoms with Crippen molar-refractivity contribution in [3.63, 3.8) is 0 Å². The Labute approximate surface area is 304 Å². The number of carbonyl (C=O) groups is 2. The molecule has 3 unspecified atom stereocenters. The van der Waals surface area contributed by atoms with Crippen LogP contribution in [-0.4, -0.2) is 85.6 Å². The van der Waals surface area contributed by atoms with Crippen LogP contribution in [0.5, 0.6) is 11.5 Å². The van der Waals surface area contributed by atoms with E-state index in [1.165, 1.54) is 12.1 Å². The van der Waals surface area contributed by atoms with Gasteiger partial charge in [0.25, 0.3) is 0 Å². The summed E-state index contributed by atoms with van der Waals surface area (Å²) in [5, 5.41) is 26.5. The summed E-state index contributed by atoms with van der Waals surface area (Å²) in [6.07, 6.45) is 5.03. The van der Waals surface area contributed by atoms with Crippen LogP contribution in [0.4, 0.5) is 0 Å². The van der Waals surface area contributed by atoms with E-state index in [-0.39, 0.29) is 45.0 Å². The first-order valence-electron chi connectivity index (χ1n) is 18.1. The maximum atomic E-state index is 13.9. The number of unbranched alkanes of at least 4 members (excludes halogenated alkanes) is 2. The molecule has 11 heteroatoms. The molecule has 268 valence electrons. The van der Waals surface area contributed by atoms with Gasteiger partial charge in [0.05, 0.1) is 0 Å². The number of H-pyrrole nitrogens is 1. The number of nitrogens with one attached hydrogen (secondary N) is 2. The molecule has 3 aromatic carbocycles. The molecule has 1 aromatic heterocycles. The van der Waals surface area contributed by atoms with Gasteiger partial charge in [-0.05, 0) is 43.0 Å². The molecule has 4 N–H and O–H groups in total. The third kappa shape index (κ3) is 8.03.